The fourth-order valence-corrected chi connectivity index (χ4v) is 4.35. The van der Waals surface area contributed by atoms with E-state index in [1.807, 2.05) is 0 Å². The van der Waals surface area contributed by atoms with E-state index in [0.717, 1.165) is 25.1 Å². The number of rotatable bonds is 8. The van der Waals surface area contributed by atoms with Crippen molar-refractivity contribution in [2.75, 3.05) is 12.4 Å². The molecule has 184 valence electrons. The quantitative estimate of drug-likeness (QED) is 0.557. The van der Waals surface area contributed by atoms with Crippen molar-refractivity contribution in [3.63, 3.8) is 0 Å². The predicted octanol–water partition coefficient (Wildman–Crippen LogP) is 4.34. The minimum absolute atomic E-state index is 0.105. The molecule has 0 radical (unpaired) electrons. The Hall–Kier alpha value is -2.63. The molecule has 1 aliphatic heterocycles. The van der Waals surface area contributed by atoms with Crippen LogP contribution in [0.2, 0.25) is 5.02 Å². The Morgan fingerprint density at radius 1 is 1.29 bits per heavy atom. The highest BCUT2D eigenvalue weighted by atomic mass is 35.5. The lowest BCUT2D eigenvalue weighted by molar-refractivity contribution is -0.137. The zero-order valence-corrected chi connectivity index (χ0v) is 19.7. The van der Waals surface area contributed by atoms with Gasteiger partial charge in [0, 0.05) is 5.56 Å². The van der Waals surface area contributed by atoms with Crippen molar-refractivity contribution in [3.8, 4) is 11.5 Å². The van der Waals surface area contributed by atoms with Crippen LogP contribution >= 0.6 is 11.6 Å². The smallest absolute Gasteiger partial charge is 0.416 e. The molecule has 2 aromatic carbocycles. The summed E-state index contributed by atoms with van der Waals surface area (Å²) in [6.45, 7) is 1.92. The number of hydrogen-bond acceptors (Lipinski definition) is 6. The molecule has 0 aromatic heterocycles. The molecule has 1 aliphatic rings. The first-order chi connectivity index (χ1) is 15.8. The molecule has 0 saturated carbocycles. The van der Waals surface area contributed by atoms with Crippen LogP contribution in [0.4, 0.5) is 13.2 Å². The van der Waals surface area contributed by atoms with Crippen LogP contribution in [0.1, 0.15) is 47.9 Å². The van der Waals surface area contributed by atoms with Crippen molar-refractivity contribution in [1.82, 2.24) is 4.72 Å². The lowest BCUT2D eigenvalue weighted by atomic mass is 9.95. The van der Waals surface area contributed by atoms with Crippen LogP contribution in [0.25, 0.3) is 0 Å². The normalized spacial score (nSPS) is 17.0. The van der Waals surface area contributed by atoms with Gasteiger partial charge in [0.15, 0.2) is 11.6 Å². The summed E-state index contributed by atoms with van der Waals surface area (Å²) in [4.78, 5) is 24.5. The number of halogens is 4. The summed E-state index contributed by atoms with van der Waals surface area (Å²) in [6, 6.07) is 5.96. The molecule has 0 fully saturated rings. The van der Waals surface area contributed by atoms with E-state index < -0.39 is 46.3 Å². The lowest BCUT2D eigenvalue weighted by Gasteiger charge is -2.28. The van der Waals surface area contributed by atoms with E-state index in [1.165, 1.54) is 19.1 Å². The first kappa shape index (κ1) is 26.0. The van der Waals surface area contributed by atoms with Crippen LogP contribution in [-0.2, 0) is 21.0 Å². The van der Waals surface area contributed by atoms with Crippen LogP contribution in [0.3, 0.4) is 0 Å². The summed E-state index contributed by atoms with van der Waals surface area (Å²) < 4.78 is 77.3. The van der Waals surface area contributed by atoms with Crippen LogP contribution < -0.4 is 14.2 Å². The first-order valence-electron chi connectivity index (χ1n) is 10.1. The van der Waals surface area contributed by atoms with E-state index in [2.05, 4.69) is 4.72 Å². The third kappa shape index (κ3) is 5.89. The van der Waals surface area contributed by atoms with Gasteiger partial charge in [-0.1, -0.05) is 23.7 Å². The summed E-state index contributed by atoms with van der Waals surface area (Å²) in [5.41, 5.74) is -0.656. The Labute approximate surface area is 199 Å². The molecular weight excluding hydrogens is 499 g/mol. The molecule has 7 nitrogen and oxygen atoms in total. The zero-order chi connectivity index (χ0) is 25.3. The van der Waals surface area contributed by atoms with Gasteiger partial charge in [-0.25, -0.2) is 13.1 Å². The maximum absolute atomic E-state index is 13.3. The fraction of sp³-hybridized carbons (Fsp3) is 0.364. The SMILES string of the molecule is CCS(=O)(=O)N[C@H](COc1cc(C(F)(F)F)ccc1[C@@H]1CC(=O)c2cccc(Cl)c2O1)C(C)=O. The molecule has 2 aromatic rings. The van der Waals surface area contributed by atoms with Crippen molar-refractivity contribution in [2.45, 2.75) is 38.6 Å². The highest BCUT2D eigenvalue weighted by molar-refractivity contribution is 7.89. The molecule has 3 rings (SSSR count). The second-order valence-corrected chi connectivity index (χ2v) is 10.0. The number of carbonyl (C=O) groups is 2. The van der Waals surface area contributed by atoms with Gasteiger partial charge in [-0.2, -0.15) is 13.2 Å². The average Bonchev–Trinajstić information content (AvgIpc) is 2.76. The van der Waals surface area contributed by atoms with Gasteiger partial charge in [0.05, 0.1) is 28.3 Å². The Morgan fingerprint density at radius 3 is 2.62 bits per heavy atom. The van der Waals surface area contributed by atoms with Gasteiger partial charge in [-0.05, 0) is 38.1 Å². The lowest BCUT2D eigenvalue weighted by Crippen LogP contribution is -2.44. The molecule has 0 aliphatic carbocycles. The Kier molecular flexibility index (Phi) is 7.59. The standard InChI is InChI=1S/C22H21ClF3NO6S/c1-3-34(30,31)27-17(12(2)28)11-32-19-9-13(22(24,25)26)7-8-15(19)20-10-18(29)14-5-4-6-16(23)21(14)33-20/h4-9,17,20,27H,3,10-11H2,1-2H3/t17-,20+/m1/s1. The fourth-order valence-electron chi connectivity index (χ4n) is 3.29. The molecule has 0 amide bonds. The predicted molar refractivity (Wildman–Crippen MR) is 118 cm³/mol. The molecule has 0 bridgehead atoms. The maximum Gasteiger partial charge on any atom is 0.416 e. The average molecular weight is 520 g/mol. The number of ether oxygens (including phenoxy) is 2. The number of fused-ring (bicyclic) bond motifs is 1. The van der Waals surface area contributed by atoms with Gasteiger partial charge in [-0.3, -0.25) is 9.59 Å². The third-order valence-corrected chi connectivity index (χ3v) is 6.89. The van der Waals surface area contributed by atoms with Gasteiger partial charge in [0.1, 0.15) is 30.3 Å². The van der Waals surface area contributed by atoms with Gasteiger partial charge in [0.25, 0.3) is 0 Å². The Bertz CT molecular complexity index is 1220. The molecular formula is C22H21ClF3NO6S. The van der Waals surface area contributed by atoms with Gasteiger partial charge in [0.2, 0.25) is 10.0 Å². The van der Waals surface area contributed by atoms with Gasteiger partial charge < -0.3 is 9.47 Å². The topological polar surface area (TPSA) is 98.8 Å². The zero-order valence-electron chi connectivity index (χ0n) is 18.1. The van der Waals surface area contributed by atoms with Crippen molar-refractivity contribution >= 4 is 33.2 Å². The number of carbonyl (C=O) groups excluding carboxylic acids is 2. The van der Waals surface area contributed by atoms with Crippen molar-refractivity contribution < 1.29 is 40.7 Å². The number of sulfonamides is 1. The van der Waals surface area contributed by atoms with E-state index >= 15 is 0 Å². The van der Waals surface area contributed by atoms with E-state index in [9.17, 15) is 31.2 Å². The summed E-state index contributed by atoms with van der Waals surface area (Å²) >= 11 is 6.14. The summed E-state index contributed by atoms with van der Waals surface area (Å²) in [6.07, 6.45) is -5.90. The Balaban J connectivity index is 1.97. The number of benzene rings is 2. The second-order valence-electron chi connectivity index (χ2n) is 7.60. The van der Waals surface area contributed by atoms with Crippen LogP contribution in [0, 0.1) is 0 Å². The van der Waals surface area contributed by atoms with E-state index in [0.29, 0.717) is 0 Å². The third-order valence-electron chi connectivity index (χ3n) is 5.18. The molecule has 0 spiro atoms. The van der Waals surface area contributed by atoms with Crippen LogP contribution in [0.15, 0.2) is 36.4 Å². The van der Waals surface area contributed by atoms with Gasteiger partial charge in [-0.15, -0.1) is 0 Å². The molecule has 0 saturated heterocycles. The van der Waals surface area contributed by atoms with Crippen molar-refractivity contribution in [3.05, 3.63) is 58.1 Å². The molecule has 34 heavy (non-hydrogen) atoms. The molecule has 1 heterocycles. The number of nitrogens with one attached hydrogen (secondary N) is 1. The molecule has 0 unspecified atom stereocenters. The number of para-hydroxylation sites is 1. The minimum atomic E-state index is -4.69. The summed E-state index contributed by atoms with van der Waals surface area (Å²) in [5.74, 6) is -1.41. The highest BCUT2D eigenvalue weighted by Crippen LogP contribution is 2.43. The highest BCUT2D eigenvalue weighted by Gasteiger charge is 2.35. The monoisotopic (exact) mass is 519 g/mol. The van der Waals surface area contributed by atoms with Crippen molar-refractivity contribution in [1.29, 1.82) is 0 Å². The molecule has 12 heteroatoms. The second kappa shape index (κ2) is 9.93. The first-order valence-corrected chi connectivity index (χ1v) is 12.2. The Morgan fingerprint density at radius 2 is 2.00 bits per heavy atom. The number of Topliss-reactive ketones (excluding diaryl/α,β-unsaturated/α-hetero) is 2. The number of alkyl halides is 3. The maximum atomic E-state index is 13.3. The van der Waals surface area contributed by atoms with Crippen molar-refractivity contribution in [2.24, 2.45) is 0 Å². The largest absolute Gasteiger partial charge is 0.491 e. The molecule has 2 atom stereocenters. The number of hydrogen-bond donors (Lipinski definition) is 1. The summed E-state index contributed by atoms with van der Waals surface area (Å²) in [7, 11) is -3.79. The minimum Gasteiger partial charge on any atom is -0.491 e. The van der Waals surface area contributed by atoms with Crippen LogP contribution in [-0.4, -0.2) is 38.4 Å². The summed E-state index contributed by atoms with van der Waals surface area (Å²) in [5, 5.41) is 0.163. The van der Waals surface area contributed by atoms with Gasteiger partial charge >= 0.3 is 6.18 Å². The van der Waals surface area contributed by atoms with Crippen LogP contribution in [0.5, 0.6) is 11.5 Å². The van der Waals surface area contributed by atoms with E-state index in [-0.39, 0.29) is 45.6 Å². The van der Waals surface area contributed by atoms with E-state index in [4.69, 9.17) is 21.1 Å². The van der Waals surface area contributed by atoms with E-state index in [1.54, 1.807) is 6.07 Å². The molecule has 1 N–H and O–H groups in total. The number of ketones is 2.